The molecule has 1 aliphatic heterocycles. The van der Waals surface area contributed by atoms with Crippen molar-refractivity contribution in [2.45, 2.75) is 32.2 Å². The predicted molar refractivity (Wildman–Crippen MR) is 113 cm³/mol. The van der Waals surface area contributed by atoms with Crippen molar-refractivity contribution in [2.75, 3.05) is 26.7 Å². The van der Waals surface area contributed by atoms with Crippen LogP contribution in [0.3, 0.4) is 0 Å². The van der Waals surface area contributed by atoms with Crippen molar-refractivity contribution in [3.8, 4) is 0 Å². The number of hydrogen-bond acceptors (Lipinski definition) is 4. The second-order valence-electron chi connectivity index (χ2n) is 7.54. The summed E-state index contributed by atoms with van der Waals surface area (Å²) in [4.78, 5) is 22.4. The smallest absolute Gasteiger partial charge is 0.277 e. The first-order valence-corrected chi connectivity index (χ1v) is 11.3. The number of para-hydroxylation sites is 1. The molecule has 0 radical (unpaired) electrons. The minimum atomic E-state index is 0.271. The van der Waals surface area contributed by atoms with Gasteiger partial charge in [-0.2, -0.15) is 0 Å². The molecule has 4 nitrogen and oxygen atoms in total. The van der Waals surface area contributed by atoms with E-state index >= 15 is 0 Å². The number of carbonyl (C=O) groups excluding carboxylic acids is 1. The Balaban J connectivity index is 1.38. The van der Waals surface area contributed by atoms with E-state index in [4.69, 9.17) is 4.98 Å². The fourth-order valence-electron chi connectivity index (χ4n) is 3.76. The molecule has 142 valence electrons. The van der Waals surface area contributed by atoms with E-state index in [-0.39, 0.29) is 5.91 Å². The number of fused-ring (bicyclic) bond motifs is 1. The van der Waals surface area contributed by atoms with Crippen molar-refractivity contribution >= 4 is 38.8 Å². The number of piperidine rings is 1. The van der Waals surface area contributed by atoms with Crippen LogP contribution in [0.1, 0.15) is 34.2 Å². The standard InChI is InChI=1S/C21H25N3OS2/c1-15-9-11-26-19(15)13-23(2)14-20(25)24-10-5-6-16(12-24)21-22-17-7-3-4-8-18(17)27-21/h3-4,7-9,11,16H,5-6,10,12-14H2,1-2H3/p+1/t16-/m1/s1. The third-order valence-corrected chi connectivity index (χ3v) is 7.54. The number of hydrogen-bond donors (Lipinski definition) is 1. The highest BCUT2D eigenvalue weighted by Gasteiger charge is 2.28. The zero-order valence-electron chi connectivity index (χ0n) is 15.9. The first-order valence-electron chi connectivity index (χ1n) is 9.57. The number of likely N-dealkylation sites (tertiary alicyclic amines) is 1. The van der Waals surface area contributed by atoms with Crippen LogP contribution in [0.4, 0.5) is 0 Å². The number of thiazole rings is 1. The average Bonchev–Trinajstić information content (AvgIpc) is 3.28. The molecule has 3 heterocycles. The normalized spacial score (nSPS) is 18.7. The molecule has 2 aromatic heterocycles. The summed E-state index contributed by atoms with van der Waals surface area (Å²) in [7, 11) is 2.12. The van der Waals surface area contributed by atoms with Crippen LogP contribution in [0, 0.1) is 6.92 Å². The molecule has 1 N–H and O–H groups in total. The Morgan fingerprint density at radius 2 is 2.19 bits per heavy atom. The fourth-order valence-corrected chi connectivity index (χ4v) is 5.87. The minimum absolute atomic E-state index is 0.271. The van der Waals surface area contributed by atoms with Crippen LogP contribution < -0.4 is 4.90 Å². The molecule has 6 heteroatoms. The highest BCUT2D eigenvalue weighted by Crippen LogP contribution is 2.32. The lowest BCUT2D eigenvalue weighted by atomic mass is 9.98. The number of benzene rings is 1. The van der Waals surface area contributed by atoms with E-state index in [1.165, 1.54) is 25.0 Å². The Labute approximate surface area is 168 Å². The van der Waals surface area contributed by atoms with Crippen molar-refractivity contribution in [1.29, 1.82) is 0 Å². The van der Waals surface area contributed by atoms with Gasteiger partial charge in [0.05, 0.1) is 27.1 Å². The SMILES string of the molecule is Cc1ccsc1C[NH+](C)CC(=O)N1CCC[C@@H](c2nc3ccccc3s2)C1. The minimum Gasteiger partial charge on any atom is -0.337 e. The van der Waals surface area contributed by atoms with Crippen molar-refractivity contribution in [3.63, 3.8) is 0 Å². The third kappa shape index (κ3) is 4.23. The maximum absolute atomic E-state index is 12.9. The molecular weight excluding hydrogens is 374 g/mol. The summed E-state index contributed by atoms with van der Waals surface area (Å²) in [6.07, 6.45) is 2.19. The summed E-state index contributed by atoms with van der Waals surface area (Å²) in [6.45, 7) is 5.32. The maximum Gasteiger partial charge on any atom is 0.277 e. The molecule has 4 rings (SSSR count). The van der Waals surface area contributed by atoms with Crippen LogP contribution in [-0.4, -0.2) is 42.5 Å². The second-order valence-corrected chi connectivity index (χ2v) is 9.60. The van der Waals surface area contributed by atoms with Crippen molar-refractivity contribution in [1.82, 2.24) is 9.88 Å². The maximum atomic E-state index is 12.9. The lowest BCUT2D eigenvalue weighted by molar-refractivity contribution is -0.885. The van der Waals surface area contributed by atoms with Gasteiger partial charge in [0.1, 0.15) is 6.54 Å². The van der Waals surface area contributed by atoms with Gasteiger partial charge >= 0.3 is 0 Å². The first kappa shape index (κ1) is 18.6. The summed E-state index contributed by atoms with van der Waals surface area (Å²) in [5, 5.41) is 3.32. The predicted octanol–water partition coefficient (Wildman–Crippen LogP) is 3.09. The van der Waals surface area contributed by atoms with Crippen LogP contribution in [-0.2, 0) is 11.3 Å². The molecule has 1 saturated heterocycles. The number of quaternary nitrogens is 1. The van der Waals surface area contributed by atoms with Crippen LogP contribution in [0.25, 0.3) is 10.2 Å². The van der Waals surface area contributed by atoms with Gasteiger partial charge in [0.25, 0.3) is 5.91 Å². The van der Waals surface area contributed by atoms with Gasteiger partial charge in [-0.1, -0.05) is 12.1 Å². The quantitative estimate of drug-likeness (QED) is 0.715. The van der Waals surface area contributed by atoms with Crippen LogP contribution >= 0.6 is 22.7 Å². The zero-order valence-corrected chi connectivity index (χ0v) is 17.5. The molecular formula is C21H26N3OS2+. The van der Waals surface area contributed by atoms with E-state index in [0.717, 1.165) is 38.0 Å². The van der Waals surface area contributed by atoms with E-state index in [2.05, 4.69) is 48.5 Å². The van der Waals surface area contributed by atoms with E-state index in [1.54, 1.807) is 22.7 Å². The molecule has 1 amide bonds. The first-order chi connectivity index (χ1) is 13.1. The Kier molecular flexibility index (Phi) is 5.57. The lowest BCUT2D eigenvalue weighted by Crippen LogP contribution is -3.08. The number of carbonyl (C=O) groups is 1. The fraction of sp³-hybridized carbons (Fsp3) is 0.429. The number of aromatic nitrogens is 1. The van der Waals surface area contributed by atoms with Gasteiger partial charge in [-0.3, -0.25) is 4.79 Å². The average molecular weight is 401 g/mol. The highest BCUT2D eigenvalue weighted by molar-refractivity contribution is 7.18. The van der Waals surface area contributed by atoms with Gasteiger partial charge in [0, 0.05) is 19.0 Å². The van der Waals surface area contributed by atoms with Gasteiger partial charge in [0.2, 0.25) is 0 Å². The number of rotatable bonds is 5. The molecule has 27 heavy (non-hydrogen) atoms. The second kappa shape index (κ2) is 8.09. The highest BCUT2D eigenvalue weighted by atomic mass is 32.1. The monoisotopic (exact) mass is 400 g/mol. The van der Waals surface area contributed by atoms with Crippen LogP contribution in [0.2, 0.25) is 0 Å². The summed E-state index contributed by atoms with van der Waals surface area (Å²) >= 11 is 3.57. The Morgan fingerprint density at radius 3 is 2.96 bits per heavy atom. The van der Waals surface area contributed by atoms with Gasteiger partial charge < -0.3 is 9.80 Å². The molecule has 1 fully saturated rings. The van der Waals surface area contributed by atoms with E-state index in [1.807, 2.05) is 6.07 Å². The summed E-state index contributed by atoms with van der Waals surface area (Å²) in [5.74, 6) is 0.646. The third-order valence-electron chi connectivity index (χ3n) is 5.32. The molecule has 2 atom stereocenters. The van der Waals surface area contributed by atoms with Gasteiger partial charge in [-0.05, 0) is 48.9 Å². The summed E-state index contributed by atoms with van der Waals surface area (Å²) in [6, 6.07) is 10.5. The number of amides is 1. The summed E-state index contributed by atoms with van der Waals surface area (Å²) < 4.78 is 1.24. The van der Waals surface area contributed by atoms with Gasteiger partial charge in [-0.15, -0.1) is 22.7 Å². The Morgan fingerprint density at radius 1 is 1.33 bits per heavy atom. The van der Waals surface area contributed by atoms with E-state index in [0.29, 0.717) is 12.5 Å². The molecule has 1 unspecified atom stereocenters. The van der Waals surface area contributed by atoms with Gasteiger partial charge in [-0.25, -0.2) is 4.98 Å². The molecule has 1 aromatic carbocycles. The Bertz CT molecular complexity index is 899. The molecule has 1 aliphatic rings. The summed E-state index contributed by atoms with van der Waals surface area (Å²) in [5.41, 5.74) is 2.41. The lowest BCUT2D eigenvalue weighted by Gasteiger charge is -2.32. The van der Waals surface area contributed by atoms with Crippen molar-refractivity contribution < 1.29 is 9.69 Å². The number of likely N-dealkylation sites (N-methyl/N-ethyl adjacent to an activating group) is 1. The molecule has 0 saturated carbocycles. The van der Waals surface area contributed by atoms with Crippen molar-refractivity contribution in [3.05, 3.63) is 51.2 Å². The number of nitrogens with zero attached hydrogens (tertiary/aromatic N) is 2. The number of thiophene rings is 1. The molecule has 0 aliphatic carbocycles. The zero-order chi connectivity index (χ0) is 18.8. The van der Waals surface area contributed by atoms with Gasteiger partial charge in [0.15, 0.2) is 6.54 Å². The topological polar surface area (TPSA) is 37.6 Å². The van der Waals surface area contributed by atoms with E-state index < -0.39 is 0 Å². The van der Waals surface area contributed by atoms with E-state index in [9.17, 15) is 4.79 Å². The molecule has 0 spiro atoms. The van der Waals surface area contributed by atoms with Crippen molar-refractivity contribution in [2.24, 2.45) is 0 Å². The van der Waals surface area contributed by atoms with Crippen LogP contribution in [0.5, 0.6) is 0 Å². The largest absolute Gasteiger partial charge is 0.337 e. The molecule has 0 bridgehead atoms. The van der Waals surface area contributed by atoms with Crippen LogP contribution in [0.15, 0.2) is 35.7 Å². The molecule has 3 aromatic rings. The number of nitrogens with one attached hydrogen (secondary N) is 1. The Hall–Kier alpha value is -1.76. The number of aryl methyl sites for hydroxylation is 1.